The number of benzene rings is 2. The molecule has 5 rings (SSSR count). The number of H-pyrrole nitrogens is 1. The number of nitrogens with one attached hydrogen (secondary N) is 2. The largest absolute Gasteiger partial charge is 0.353 e. The van der Waals surface area contributed by atoms with Gasteiger partial charge in [-0.05, 0) is 24.3 Å². The second kappa shape index (κ2) is 5.42. The molecular weight excluding hydrogens is 326 g/mol. The SMILES string of the molecule is CNC(=O)n1c(-c2cc3c(cn2)[nH]c2ccccc23)nc2ccccc21. The predicted molar refractivity (Wildman–Crippen MR) is 102 cm³/mol. The van der Waals surface area contributed by atoms with Gasteiger partial charge in [0.25, 0.3) is 0 Å². The normalized spacial score (nSPS) is 11.4. The van der Waals surface area contributed by atoms with Crippen LogP contribution in [0.4, 0.5) is 4.79 Å². The van der Waals surface area contributed by atoms with Gasteiger partial charge in [0.15, 0.2) is 5.82 Å². The lowest BCUT2D eigenvalue weighted by atomic mass is 10.1. The third kappa shape index (κ3) is 2.02. The van der Waals surface area contributed by atoms with E-state index in [9.17, 15) is 4.79 Å². The van der Waals surface area contributed by atoms with Crippen molar-refractivity contribution in [3.8, 4) is 11.5 Å². The number of amides is 1. The number of carbonyl (C=O) groups is 1. The molecule has 0 saturated heterocycles. The van der Waals surface area contributed by atoms with E-state index in [2.05, 4.69) is 26.3 Å². The number of rotatable bonds is 1. The third-order valence-corrected chi connectivity index (χ3v) is 4.60. The highest BCUT2D eigenvalue weighted by Crippen LogP contribution is 2.29. The summed E-state index contributed by atoms with van der Waals surface area (Å²) in [6.45, 7) is 0. The van der Waals surface area contributed by atoms with Crippen molar-refractivity contribution in [3.63, 3.8) is 0 Å². The van der Waals surface area contributed by atoms with Gasteiger partial charge in [-0.25, -0.2) is 14.3 Å². The molecule has 3 heterocycles. The van der Waals surface area contributed by atoms with E-state index in [0.29, 0.717) is 11.5 Å². The van der Waals surface area contributed by atoms with Crippen molar-refractivity contribution in [2.24, 2.45) is 0 Å². The van der Waals surface area contributed by atoms with Crippen molar-refractivity contribution >= 4 is 38.9 Å². The summed E-state index contributed by atoms with van der Waals surface area (Å²) in [5.41, 5.74) is 4.18. The fraction of sp³-hybridized carbons (Fsp3) is 0.0500. The van der Waals surface area contributed by atoms with Gasteiger partial charge < -0.3 is 10.3 Å². The Balaban J connectivity index is 1.82. The van der Waals surface area contributed by atoms with Gasteiger partial charge in [0.1, 0.15) is 5.69 Å². The van der Waals surface area contributed by atoms with Gasteiger partial charge in [-0.15, -0.1) is 0 Å². The highest BCUT2D eigenvalue weighted by Gasteiger charge is 2.19. The Kier molecular flexibility index (Phi) is 3.05. The summed E-state index contributed by atoms with van der Waals surface area (Å²) in [6, 6.07) is 17.4. The Hall–Kier alpha value is -3.67. The number of para-hydroxylation sites is 3. The second-order valence-electron chi connectivity index (χ2n) is 6.10. The van der Waals surface area contributed by atoms with Crippen LogP contribution < -0.4 is 5.32 Å². The van der Waals surface area contributed by atoms with Crippen LogP contribution in [-0.4, -0.2) is 32.6 Å². The minimum atomic E-state index is -0.241. The minimum Gasteiger partial charge on any atom is -0.353 e. The number of aromatic nitrogens is 4. The Morgan fingerprint density at radius 2 is 1.85 bits per heavy atom. The Labute approximate surface area is 148 Å². The maximum Gasteiger partial charge on any atom is 0.327 e. The average molecular weight is 341 g/mol. The molecule has 6 nitrogen and oxygen atoms in total. The van der Waals surface area contributed by atoms with Crippen LogP contribution in [0.1, 0.15) is 0 Å². The number of hydrogen-bond acceptors (Lipinski definition) is 3. The van der Waals surface area contributed by atoms with Gasteiger partial charge in [0.2, 0.25) is 0 Å². The molecule has 0 spiro atoms. The molecule has 6 heteroatoms. The van der Waals surface area contributed by atoms with Crippen LogP contribution in [0, 0.1) is 0 Å². The lowest BCUT2D eigenvalue weighted by molar-refractivity contribution is 0.245. The number of nitrogens with zero attached hydrogens (tertiary/aromatic N) is 3. The molecule has 0 aliphatic rings. The summed E-state index contributed by atoms with van der Waals surface area (Å²) in [7, 11) is 1.61. The Morgan fingerprint density at radius 3 is 2.73 bits per heavy atom. The second-order valence-corrected chi connectivity index (χ2v) is 6.10. The van der Waals surface area contributed by atoms with Crippen LogP contribution in [0.2, 0.25) is 0 Å². The molecule has 26 heavy (non-hydrogen) atoms. The average Bonchev–Trinajstić information content (AvgIpc) is 3.25. The van der Waals surface area contributed by atoms with E-state index < -0.39 is 0 Å². The summed E-state index contributed by atoms with van der Waals surface area (Å²) < 4.78 is 1.57. The zero-order chi connectivity index (χ0) is 17.7. The molecule has 0 bridgehead atoms. The van der Waals surface area contributed by atoms with Crippen molar-refractivity contribution in [3.05, 3.63) is 60.8 Å². The third-order valence-electron chi connectivity index (χ3n) is 4.60. The molecular formula is C20H15N5O. The smallest absolute Gasteiger partial charge is 0.327 e. The number of imidazole rings is 1. The van der Waals surface area contributed by atoms with Crippen LogP contribution in [-0.2, 0) is 0 Å². The Bertz CT molecular complexity index is 1300. The lowest BCUT2D eigenvalue weighted by Crippen LogP contribution is -2.25. The molecule has 0 fully saturated rings. The Morgan fingerprint density at radius 1 is 1.04 bits per heavy atom. The van der Waals surface area contributed by atoms with E-state index in [1.807, 2.05) is 48.5 Å². The van der Waals surface area contributed by atoms with Gasteiger partial charge in [-0.3, -0.25) is 4.98 Å². The molecule has 2 N–H and O–H groups in total. The monoisotopic (exact) mass is 341 g/mol. The van der Waals surface area contributed by atoms with Crippen molar-refractivity contribution in [2.75, 3.05) is 7.05 Å². The summed E-state index contributed by atoms with van der Waals surface area (Å²) in [4.78, 5) is 25.1. The molecule has 0 unspecified atom stereocenters. The highest BCUT2D eigenvalue weighted by molar-refractivity contribution is 6.08. The fourth-order valence-electron chi connectivity index (χ4n) is 3.39. The molecule has 2 aromatic carbocycles. The highest BCUT2D eigenvalue weighted by atomic mass is 16.2. The number of aromatic amines is 1. The van der Waals surface area contributed by atoms with Gasteiger partial charge in [0, 0.05) is 23.3 Å². The first-order valence-electron chi connectivity index (χ1n) is 8.32. The first-order valence-corrected chi connectivity index (χ1v) is 8.32. The summed E-state index contributed by atoms with van der Waals surface area (Å²) in [5, 5.41) is 4.86. The first-order chi connectivity index (χ1) is 12.8. The molecule has 5 aromatic rings. The summed E-state index contributed by atoms with van der Waals surface area (Å²) in [6.07, 6.45) is 1.79. The van der Waals surface area contributed by atoms with Crippen LogP contribution in [0.15, 0.2) is 60.8 Å². The topological polar surface area (TPSA) is 75.6 Å². The minimum absolute atomic E-state index is 0.241. The van der Waals surface area contributed by atoms with Crippen LogP contribution in [0.3, 0.4) is 0 Å². The lowest BCUT2D eigenvalue weighted by Gasteiger charge is -2.06. The van der Waals surface area contributed by atoms with E-state index in [-0.39, 0.29) is 6.03 Å². The molecule has 126 valence electrons. The maximum absolute atomic E-state index is 12.5. The van der Waals surface area contributed by atoms with E-state index in [1.54, 1.807) is 17.8 Å². The van der Waals surface area contributed by atoms with Gasteiger partial charge in [0.05, 0.1) is 22.7 Å². The molecule has 0 aliphatic carbocycles. The summed E-state index contributed by atoms with van der Waals surface area (Å²) >= 11 is 0. The fourth-order valence-corrected chi connectivity index (χ4v) is 3.39. The number of fused-ring (bicyclic) bond motifs is 4. The number of carbonyl (C=O) groups excluding carboxylic acids is 1. The number of hydrogen-bond donors (Lipinski definition) is 2. The molecule has 0 aliphatic heterocycles. The molecule has 0 saturated carbocycles. The zero-order valence-electron chi connectivity index (χ0n) is 14.0. The van der Waals surface area contributed by atoms with Crippen LogP contribution in [0.5, 0.6) is 0 Å². The van der Waals surface area contributed by atoms with E-state index in [0.717, 1.165) is 32.8 Å². The molecule has 3 aromatic heterocycles. The van der Waals surface area contributed by atoms with Gasteiger partial charge in [-0.1, -0.05) is 30.3 Å². The van der Waals surface area contributed by atoms with Crippen molar-refractivity contribution in [1.29, 1.82) is 0 Å². The zero-order valence-corrected chi connectivity index (χ0v) is 14.0. The van der Waals surface area contributed by atoms with Crippen LogP contribution in [0.25, 0.3) is 44.4 Å². The quantitative estimate of drug-likeness (QED) is 0.485. The van der Waals surface area contributed by atoms with Gasteiger partial charge >= 0.3 is 6.03 Å². The van der Waals surface area contributed by atoms with E-state index >= 15 is 0 Å². The van der Waals surface area contributed by atoms with Crippen molar-refractivity contribution in [1.82, 2.24) is 24.8 Å². The predicted octanol–water partition coefficient (Wildman–Crippen LogP) is 3.92. The molecule has 1 amide bonds. The van der Waals surface area contributed by atoms with Gasteiger partial charge in [-0.2, -0.15) is 0 Å². The van der Waals surface area contributed by atoms with Crippen molar-refractivity contribution in [2.45, 2.75) is 0 Å². The van der Waals surface area contributed by atoms with E-state index in [4.69, 9.17) is 0 Å². The van der Waals surface area contributed by atoms with Crippen LogP contribution >= 0.6 is 0 Å². The first kappa shape index (κ1) is 14.7. The van der Waals surface area contributed by atoms with E-state index in [1.165, 1.54) is 0 Å². The molecule has 0 radical (unpaired) electrons. The maximum atomic E-state index is 12.5. The molecule has 0 atom stereocenters. The van der Waals surface area contributed by atoms with Crippen molar-refractivity contribution < 1.29 is 4.79 Å². The number of pyridine rings is 1. The summed E-state index contributed by atoms with van der Waals surface area (Å²) in [5.74, 6) is 0.526. The standard InChI is InChI=1S/C20H15N5O/c1-21-20(26)25-18-9-5-4-8-15(18)24-19(25)16-10-13-12-6-2-3-7-14(12)23-17(13)11-22-16/h2-11,23H,1H3,(H,21,26).